The summed E-state index contributed by atoms with van der Waals surface area (Å²) in [5.74, 6) is 0.803. The Labute approximate surface area is 171 Å². The molecule has 4 nitrogen and oxygen atoms in total. The number of fused-ring (bicyclic) bond motifs is 3. The topological polar surface area (TPSA) is 43.6 Å². The lowest BCUT2D eigenvalue weighted by Crippen LogP contribution is -2.22. The van der Waals surface area contributed by atoms with Gasteiger partial charge in [-0.3, -0.25) is 4.79 Å². The second-order valence-corrected chi connectivity index (χ2v) is 7.99. The van der Waals surface area contributed by atoms with E-state index in [-0.39, 0.29) is 5.56 Å². The number of ether oxygens (including phenoxy) is 1. The van der Waals surface area contributed by atoms with Crippen LogP contribution in [0.3, 0.4) is 0 Å². The van der Waals surface area contributed by atoms with Crippen LogP contribution in [0.15, 0.2) is 77.6 Å². The third-order valence-electron chi connectivity index (χ3n) is 4.85. The van der Waals surface area contributed by atoms with Crippen molar-refractivity contribution in [3.05, 3.63) is 104 Å². The molecule has 0 aliphatic rings. The molecule has 0 saturated carbocycles. The summed E-state index contributed by atoms with van der Waals surface area (Å²) in [7, 11) is 0. The molecule has 3 aromatic carbocycles. The fraction of sp³-hybridized carbons (Fsp3) is 0.0833. The molecule has 0 bridgehead atoms. The third-order valence-corrected chi connectivity index (χ3v) is 5.82. The number of thiazole rings is 1. The monoisotopic (exact) mass is 398 g/mol. The average molecular weight is 398 g/mol. The third kappa shape index (κ3) is 3.41. The predicted molar refractivity (Wildman–Crippen MR) is 118 cm³/mol. The SMILES string of the molecule is Cc1ccc(COc2ccc(/C=c3/sc4nc5ccccc5n4c3=O)cc2)cc1. The molecule has 0 atom stereocenters. The number of rotatable bonds is 4. The quantitative estimate of drug-likeness (QED) is 0.452. The zero-order valence-electron chi connectivity index (χ0n) is 15.8. The van der Waals surface area contributed by atoms with Gasteiger partial charge in [0.05, 0.1) is 15.6 Å². The minimum atomic E-state index is -0.0293. The van der Waals surface area contributed by atoms with E-state index in [1.54, 1.807) is 4.40 Å². The van der Waals surface area contributed by atoms with Gasteiger partial charge in [0.1, 0.15) is 12.4 Å². The number of aryl methyl sites for hydroxylation is 1. The maximum absolute atomic E-state index is 12.8. The van der Waals surface area contributed by atoms with E-state index in [1.807, 2.05) is 54.6 Å². The van der Waals surface area contributed by atoms with E-state index in [2.05, 4.69) is 36.2 Å². The van der Waals surface area contributed by atoms with Gasteiger partial charge in [-0.05, 0) is 48.4 Å². The van der Waals surface area contributed by atoms with Gasteiger partial charge in [0.2, 0.25) is 0 Å². The van der Waals surface area contributed by atoms with Crippen LogP contribution < -0.4 is 14.8 Å². The Kier molecular flexibility index (Phi) is 4.37. The maximum atomic E-state index is 12.8. The number of para-hydroxylation sites is 2. The van der Waals surface area contributed by atoms with Crippen molar-refractivity contribution in [1.82, 2.24) is 9.38 Å². The molecule has 0 saturated heterocycles. The van der Waals surface area contributed by atoms with Gasteiger partial charge in [-0.1, -0.05) is 65.4 Å². The van der Waals surface area contributed by atoms with Crippen molar-refractivity contribution in [3.63, 3.8) is 0 Å². The summed E-state index contributed by atoms with van der Waals surface area (Å²) in [6.45, 7) is 2.60. The molecule has 5 rings (SSSR count). The van der Waals surface area contributed by atoms with E-state index < -0.39 is 0 Å². The van der Waals surface area contributed by atoms with Gasteiger partial charge >= 0.3 is 0 Å². The second kappa shape index (κ2) is 7.18. The summed E-state index contributed by atoms with van der Waals surface area (Å²) in [6, 6.07) is 23.8. The van der Waals surface area contributed by atoms with E-state index in [4.69, 9.17) is 4.74 Å². The molecule has 0 amide bonds. The molecule has 0 fully saturated rings. The molecular weight excluding hydrogens is 380 g/mol. The predicted octanol–water partition coefficient (Wildman–Crippen LogP) is 4.34. The average Bonchev–Trinajstić information content (AvgIpc) is 3.25. The molecule has 0 aliphatic heterocycles. The Hall–Kier alpha value is -3.44. The van der Waals surface area contributed by atoms with Crippen LogP contribution in [0.4, 0.5) is 0 Å². The fourth-order valence-electron chi connectivity index (χ4n) is 3.27. The van der Waals surface area contributed by atoms with Crippen molar-refractivity contribution in [2.75, 3.05) is 0 Å². The normalized spacial score (nSPS) is 12.1. The van der Waals surface area contributed by atoms with Crippen LogP contribution in [-0.2, 0) is 6.61 Å². The Morgan fingerprint density at radius 1 is 1.00 bits per heavy atom. The Morgan fingerprint density at radius 3 is 2.55 bits per heavy atom. The number of imidazole rings is 1. The second-order valence-electron chi connectivity index (χ2n) is 6.98. The first-order chi connectivity index (χ1) is 14.2. The summed E-state index contributed by atoms with van der Waals surface area (Å²) < 4.78 is 8.22. The summed E-state index contributed by atoms with van der Waals surface area (Å²) in [5.41, 5.74) is 4.99. The van der Waals surface area contributed by atoms with Crippen LogP contribution in [0, 0.1) is 6.92 Å². The first kappa shape index (κ1) is 17.6. The highest BCUT2D eigenvalue weighted by molar-refractivity contribution is 7.15. The standard InChI is InChI=1S/C24H18N2O2S/c1-16-6-8-18(9-7-16)15-28-19-12-10-17(11-13-19)14-22-23(27)26-21-5-3-2-4-20(21)25-24(26)29-22/h2-14H,15H2,1H3/b22-14+. The first-order valence-electron chi connectivity index (χ1n) is 9.37. The van der Waals surface area contributed by atoms with Gasteiger partial charge < -0.3 is 4.74 Å². The molecule has 0 radical (unpaired) electrons. The largest absolute Gasteiger partial charge is 0.489 e. The summed E-state index contributed by atoms with van der Waals surface area (Å²) >= 11 is 1.41. The van der Waals surface area contributed by atoms with Crippen molar-refractivity contribution in [1.29, 1.82) is 0 Å². The van der Waals surface area contributed by atoms with E-state index in [9.17, 15) is 4.79 Å². The number of nitrogens with zero attached hydrogens (tertiary/aromatic N) is 2. The molecule has 5 aromatic rings. The summed E-state index contributed by atoms with van der Waals surface area (Å²) in [4.78, 5) is 18.1. The van der Waals surface area contributed by atoms with Gasteiger partial charge in [-0.15, -0.1) is 0 Å². The molecule has 2 aromatic heterocycles. The van der Waals surface area contributed by atoms with Crippen molar-refractivity contribution in [2.24, 2.45) is 0 Å². The minimum Gasteiger partial charge on any atom is -0.489 e. The first-order valence-corrected chi connectivity index (χ1v) is 10.2. The fourth-order valence-corrected chi connectivity index (χ4v) is 4.26. The lowest BCUT2D eigenvalue weighted by molar-refractivity contribution is 0.306. The number of hydrogen-bond donors (Lipinski definition) is 0. The van der Waals surface area contributed by atoms with Crippen LogP contribution in [0.25, 0.3) is 22.1 Å². The summed E-state index contributed by atoms with van der Waals surface area (Å²) in [5, 5.41) is 0. The Bertz CT molecular complexity index is 1410. The zero-order chi connectivity index (χ0) is 19.8. The van der Waals surface area contributed by atoms with Crippen molar-refractivity contribution in [2.45, 2.75) is 13.5 Å². The molecule has 0 unspecified atom stereocenters. The van der Waals surface area contributed by atoms with Gasteiger partial charge in [0.15, 0.2) is 4.96 Å². The number of aromatic nitrogens is 2. The van der Waals surface area contributed by atoms with Crippen LogP contribution >= 0.6 is 11.3 Å². The van der Waals surface area contributed by atoms with E-state index >= 15 is 0 Å². The van der Waals surface area contributed by atoms with Gasteiger partial charge in [-0.2, -0.15) is 0 Å². The van der Waals surface area contributed by atoms with E-state index in [0.717, 1.165) is 32.9 Å². The highest BCUT2D eigenvalue weighted by atomic mass is 32.1. The molecule has 0 spiro atoms. The van der Waals surface area contributed by atoms with Crippen molar-refractivity contribution in [3.8, 4) is 5.75 Å². The van der Waals surface area contributed by atoms with Crippen LogP contribution in [0.2, 0.25) is 0 Å². The van der Waals surface area contributed by atoms with Crippen LogP contribution in [0.5, 0.6) is 5.75 Å². The zero-order valence-corrected chi connectivity index (χ0v) is 16.6. The molecule has 0 aliphatic carbocycles. The van der Waals surface area contributed by atoms with Gasteiger partial charge in [0.25, 0.3) is 5.56 Å². The van der Waals surface area contributed by atoms with E-state index in [0.29, 0.717) is 11.1 Å². The number of hydrogen-bond acceptors (Lipinski definition) is 4. The molecule has 2 heterocycles. The molecule has 0 N–H and O–H groups in total. The van der Waals surface area contributed by atoms with Gasteiger partial charge in [0, 0.05) is 0 Å². The van der Waals surface area contributed by atoms with Crippen molar-refractivity contribution >= 4 is 33.4 Å². The van der Waals surface area contributed by atoms with Crippen molar-refractivity contribution < 1.29 is 4.74 Å². The lowest BCUT2D eigenvalue weighted by Gasteiger charge is -2.06. The Balaban J connectivity index is 1.40. The molecule has 142 valence electrons. The van der Waals surface area contributed by atoms with Crippen LogP contribution in [0.1, 0.15) is 16.7 Å². The lowest BCUT2D eigenvalue weighted by atomic mass is 10.2. The maximum Gasteiger partial charge on any atom is 0.274 e. The molecule has 29 heavy (non-hydrogen) atoms. The highest BCUT2D eigenvalue weighted by Gasteiger charge is 2.10. The smallest absolute Gasteiger partial charge is 0.274 e. The Morgan fingerprint density at radius 2 is 1.76 bits per heavy atom. The minimum absolute atomic E-state index is 0.0293. The highest BCUT2D eigenvalue weighted by Crippen LogP contribution is 2.17. The van der Waals surface area contributed by atoms with Gasteiger partial charge in [-0.25, -0.2) is 9.38 Å². The molecular formula is C24H18N2O2S. The molecule has 5 heteroatoms. The van der Waals surface area contributed by atoms with E-state index in [1.165, 1.54) is 16.9 Å². The summed E-state index contributed by atoms with van der Waals surface area (Å²) in [6.07, 6.45) is 1.90. The number of benzene rings is 3. The van der Waals surface area contributed by atoms with Crippen LogP contribution in [-0.4, -0.2) is 9.38 Å².